The third-order valence-corrected chi connectivity index (χ3v) is 3.86. The van der Waals surface area contributed by atoms with E-state index in [1.54, 1.807) is 6.07 Å². The van der Waals surface area contributed by atoms with Crippen LogP contribution in [0.3, 0.4) is 0 Å². The summed E-state index contributed by atoms with van der Waals surface area (Å²) in [5.41, 5.74) is 7.18. The van der Waals surface area contributed by atoms with E-state index in [1.165, 1.54) is 31.4 Å². The number of anilines is 2. The number of nitrogens with two attached hydrogens (primary N) is 1. The van der Waals surface area contributed by atoms with E-state index in [-0.39, 0.29) is 5.69 Å². The van der Waals surface area contributed by atoms with E-state index >= 15 is 0 Å². The molecular formula is C14H21N3O2. The van der Waals surface area contributed by atoms with Crippen molar-refractivity contribution in [1.29, 1.82) is 0 Å². The van der Waals surface area contributed by atoms with Crippen LogP contribution in [-0.4, -0.2) is 11.0 Å². The highest BCUT2D eigenvalue weighted by atomic mass is 16.6. The summed E-state index contributed by atoms with van der Waals surface area (Å²) in [6, 6.07) is 5.05. The molecule has 3 N–H and O–H groups in total. The lowest BCUT2D eigenvalue weighted by Crippen LogP contribution is -2.19. The molecule has 1 aromatic rings. The molecule has 2 rings (SSSR count). The molecule has 0 saturated heterocycles. The van der Waals surface area contributed by atoms with Crippen molar-refractivity contribution in [2.75, 3.05) is 11.1 Å². The first kappa shape index (κ1) is 13.6. The maximum atomic E-state index is 10.7. The van der Waals surface area contributed by atoms with E-state index in [4.69, 9.17) is 5.73 Å². The smallest absolute Gasteiger partial charge is 0.271 e. The van der Waals surface area contributed by atoms with E-state index < -0.39 is 4.92 Å². The first-order chi connectivity index (χ1) is 9.06. The van der Waals surface area contributed by atoms with Crippen molar-refractivity contribution in [3.8, 4) is 0 Å². The van der Waals surface area contributed by atoms with Crippen LogP contribution in [0, 0.1) is 16.0 Å². The topological polar surface area (TPSA) is 81.2 Å². The van der Waals surface area contributed by atoms with Gasteiger partial charge in [0.15, 0.2) is 0 Å². The molecule has 0 aromatic heterocycles. The molecule has 5 nitrogen and oxygen atoms in total. The molecule has 1 fully saturated rings. The summed E-state index contributed by atoms with van der Waals surface area (Å²) in [4.78, 5) is 10.2. The van der Waals surface area contributed by atoms with Gasteiger partial charge in [0.2, 0.25) is 0 Å². The standard InChI is InChI=1S/C14H21N3O2/c1-10-3-2-4-11(6-5-10)16-14-8-7-12(17(18)19)9-13(14)15/h7-11,16H,2-6,15H2,1H3. The second kappa shape index (κ2) is 5.91. The van der Waals surface area contributed by atoms with Crippen molar-refractivity contribution >= 4 is 17.1 Å². The van der Waals surface area contributed by atoms with E-state index in [0.717, 1.165) is 24.4 Å². The summed E-state index contributed by atoms with van der Waals surface area (Å²) in [5.74, 6) is 0.793. The van der Waals surface area contributed by atoms with Crippen LogP contribution in [0.15, 0.2) is 18.2 Å². The first-order valence-electron chi connectivity index (χ1n) is 6.86. The number of nitro benzene ring substituents is 1. The number of nitrogen functional groups attached to an aromatic ring is 1. The van der Waals surface area contributed by atoms with Crippen LogP contribution in [0.25, 0.3) is 0 Å². The number of non-ortho nitro benzene ring substituents is 1. The Morgan fingerprint density at radius 2 is 2.11 bits per heavy atom. The van der Waals surface area contributed by atoms with Crippen molar-refractivity contribution in [3.05, 3.63) is 28.3 Å². The molecule has 1 aromatic carbocycles. The third kappa shape index (κ3) is 3.59. The summed E-state index contributed by atoms with van der Waals surface area (Å²) in [5, 5.41) is 14.1. The SMILES string of the molecule is CC1CCCC(Nc2ccc([N+](=O)[O-])cc2N)CC1. The molecule has 2 atom stereocenters. The molecule has 1 saturated carbocycles. The summed E-state index contributed by atoms with van der Waals surface area (Å²) in [6.07, 6.45) is 6.02. The largest absolute Gasteiger partial charge is 0.397 e. The molecule has 0 radical (unpaired) electrons. The van der Waals surface area contributed by atoms with Crippen LogP contribution in [0.2, 0.25) is 0 Å². The van der Waals surface area contributed by atoms with Gasteiger partial charge in [-0.3, -0.25) is 10.1 Å². The first-order valence-corrected chi connectivity index (χ1v) is 6.86. The molecule has 1 aliphatic rings. The minimum Gasteiger partial charge on any atom is -0.397 e. The molecule has 0 bridgehead atoms. The molecule has 19 heavy (non-hydrogen) atoms. The van der Waals surface area contributed by atoms with Crippen molar-refractivity contribution < 1.29 is 4.92 Å². The van der Waals surface area contributed by atoms with Crippen LogP contribution in [0.1, 0.15) is 39.0 Å². The van der Waals surface area contributed by atoms with Gasteiger partial charge in [-0.2, -0.15) is 0 Å². The second-order valence-corrected chi connectivity index (χ2v) is 5.48. The summed E-state index contributed by atoms with van der Waals surface area (Å²) >= 11 is 0. The normalized spacial score (nSPS) is 23.6. The van der Waals surface area contributed by atoms with Crippen LogP contribution in [0.5, 0.6) is 0 Å². The number of hydrogen-bond donors (Lipinski definition) is 2. The summed E-state index contributed by atoms with van der Waals surface area (Å²) < 4.78 is 0. The Morgan fingerprint density at radius 3 is 2.79 bits per heavy atom. The Bertz CT molecular complexity index is 462. The quantitative estimate of drug-likeness (QED) is 0.378. The monoisotopic (exact) mass is 263 g/mol. The van der Waals surface area contributed by atoms with Gasteiger partial charge >= 0.3 is 0 Å². The highest BCUT2D eigenvalue weighted by Gasteiger charge is 2.17. The number of nitro groups is 1. The zero-order valence-electron chi connectivity index (χ0n) is 11.3. The van der Waals surface area contributed by atoms with Crippen LogP contribution >= 0.6 is 0 Å². The van der Waals surface area contributed by atoms with Crippen LogP contribution in [0.4, 0.5) is 17.1 Å². The van der Waals surface area contributed by atoms with Gasteiger partial charge in [-0.1, -0.05) is 19.8 Å². The molecule has 104 valence electrons. The molecular weight excluding hydrogens is 242 g/mol. The van der Waals surface area contributed by atoms with Gasteiger partial charge in [0.1, 0.15) is 0 Å². The van der Waals surface area contributed by atoms with Crippen molar-refractivity contribution in [2.45, 2.75) is 45.1 Å². The lowest BCUT2D eigenvalue weighted by atomic mass is 10.0. The van der Waals surface area contributed by atoms with Gasteiger partial charge in [-0.15, -0.1) is 0 Å². The molecule has 5 heteroatoms. The fraction of sp³-hybridized carbons (Fsp3) is 0.571. The zero-order valence-corrected chi connectivity index (χ0v) is 11.3. The van der Waals surface area contributed by atoms with Gasteiger partial charge in [0.05, 0.1) is 16.3 Å². The Labute approximate surface area is 113 Å². The van der Waals surface area contributed by atoms with Gasteiger partial charge < -0.3 is 11.1 Å². The highest BCUT2D eigenvalue weighted by molar-refractivity contribution is 5.69. The lowest BCUT2D eigenvalue weighted by molar-refractivity contribution is -0.384. The average molecular weight is 263 g/mol. The maximum absolute atomic E-state index is 10.7. The van der Waals surface area contributed by atoms with Gasteiger partial charge in [0.25, 0.3) is 5.69 Å². The fourth-order valence-electron chi connectivity index (χ4n) is 2.65. The van der Waals surface area contributed by atoms with Gasteiger partial charge in [0, 0.05) is 18.2 Å². The molecule has 0 aliphatic heterocycles. The number of benzene rings is 1. The molecule has 0 spiro atoms. The van der Waals surface area contributed by atoms with Crippen molar-refractivity contribution in [1.82, 2.24) is 0 Å². The highest BCUT2D eigenvalue weighted by Crippen LogP contribution is 2.29. The second-order valence-electron chi connectivity index (χ2n) is 5.48. The predicted octanol–water partition coefficient (Wildman–Crippen LogP) is 3.56. The Hall–Kier alpha value is -1.78. The van der Waals surface area contributed by atoms with Gasteiger partial charge in [-0.25, -0.2) is 0 Å². The maximum Gasteiger partial charge on any atom is 0.271 e. The minimum absolute atomic E-state index is 0.0394. The zero-order chi connectivity index (χ0) is 13.8. The van der Waals surface area contributed by atoms with Crippen LogP contribution < -0.4 is 11.1 Å². The number of nitrogens with one attached hydrogen (secondary N) is 1. The minimum atomic E-state index is -0.423. The van der Waals surface area contributed by atoms with Crippen molar-refractivity contribution in [2.24, 2.45) is 5.92 Å². The number of nitrogens with zero attached hydrogens (tertiary/aromatic N) is 1. The van der Waals surface area contributed by atoms with Crippen molar-refractivity contribution in [3.63, 3.8) is 0 Å². The molecule has 0 heterocycles. The number of hydrogen-bond acceptors (Lipinski definition) is 4. The third-order valence-electron chi connectivity index (χ3n) is 3.86. The Balaban J connectivity index is 2.04. The Kier molecular flexibility index (Phi) is 4.24. The van der Waals surface area contributed by atoms with E-state index in [9.17, 15) is 10.1 Å². The number of rotatable bonds is 3. The molecule has 0 amide bonds. The average Bonchev–Trinajstić information content (AvgIpc) is 2.57. The van der Waals surface area contributed by atoms with Gasteiger partial charge in [-0.05, 0) is 31.2 Å². The van der Waals surface area contributed by atoms with Crippen LogP contribution in [-0.2, 0) is 0 Å². The lowest BCUT2D eigenvalue weighted by Gasteiger charge is -2.19. The molecule has 2 unspecified atom stereocenters. The molecule has 1 aliphatic carbocycles. The summed E-state index contributed by atoms with van der Waals surface area (Å²) in [7, 11) is 0. The Morgan fingerprint density at radius 1 is 1.32 bits per heavy atom. The van der Waals surface area contributed by atoms with E-state index in [2.05, 4.69) is 12.2 Å². The fourth-order valence-corrected chi connectivity index (χ4v) is 2.65. The predicted molar refractivity (Wildman–Crippen MR) is 77.2 cm³/mol. The van der Waals surface area contributed by atoms with E-state index in [0.29, 0.717) is 11.7 Å². The van der Waals surface area contributed by atoms with E-state index in [1.807, 2.05) is 0 Å². The summed E-state index contributed by atoms with van der Waals surface area (Å²) in [6.45, 7) is 2.29.